The van der Waals surface area contributed by atoms with Gasteiger partial charge < -0.3 is 9.52 Å². The summed E-state index contributed by atoms with van der Waals surface area (Å²) in [6.45, 7) is 6.05. The molecule has 1 aromatic heterocycles. The Hall–Kier alpha value is -3.11. The molecule has 0 bridgehead atoms. The van der Waals surface area contributed by atoms with E-state index in [0.717, 1.165) is 39.0 Å². The second-order valence-corrected chi connectivity index (χ2v) is 7.35. The maximum Gasteiger partial charge on any atom is 0.227 e. The molecular formula is C23H19ClN2O2. The van der Waals surface area contributed by atoms with Crippen molar-refractivity contribution in [2.45, 2.75) is 20.8 Å². The largest absolute Gasteiger partial charge is 0.507 e. The van der Waals surface area contributed by atoms with Crippen LogP contribution in [0.3, 0.4) is 0 Å². The van der Waals surface area contributed by atoms with Crippen molar-refractivity contribution in [2.24, 2.45) is 4.99 Å². The molecule has 0 spiro atoms. The lowest BCUT2D eigenvalue weighted by molar-refractivity contribution is 0.474. The van der Waals surface area contributed by atoms with Gasteiger partial charge in [0.25, 0.3) is 0 Å². The SMILES string of the molecule is Cc1cc(C)c2oc(-c3ccc(C)c(N=Cc4cc(Cl)ccc4O)c3)nc2c1. The number of oxazole rings is 1. The summed E-state index contributed by atoms with van der Waals surface area (Å²) in [6, 6.07) is 14.8. The highest BCUT2D eigenvalue weighted by Gasteiger charge is 2.12. The van der Waals surface area contributed by atoms with Gasteiger partial charge in [-0.2, -0.15) is 0 Å². The number of rotatable bonds is 3. The zero-order valence-corrected chi connectivity index (χ0v) is 16.6. The van der Waals surface area contributed by atoms with E-state index >= 15 is 0 Å². The molecule has 0 unspecified atom stereocenters. The second-order valence-electron chi connectivity index (χ2n) is 6.91. The molecule has 4 nitrogen and oxygen atoms in total. The minimum atomic E-state index is 0.131. The Morgan fingerprint density at radius 1 is 1.00 bits per heavy atom. The molecule has 5 heteroatoms. The summed E-state index contributed by atoms with van der Waals surface area (Å²) in [5.41, 5.74) is 7.05. The molecule has 0 aliphatic heterocycles. The van der Waals surface area contributed by atoms with Crippen molar-refractivity contribution in [1.82, 2.24) is 4.98 Å². The van der Waals surface area contributed by atoms with E-state index in [1.165, 1.54) is 0 Å². The Labute approximate surface area is 168 Å². The molecule has 0 amide bonds. The van der Waals surface area contributed by atoms with Gasteiger partial charge in [0.15, 0.2) is 5.58 Å². The van der Waals surface area contributed by atoms with E-state index in [2.05, 4.69) is 16.0 Å². The van der Waals surface area contributed by atoms with E-state index in [0.29, 0.717) is 16.5 Å². The van der Waals surface area contributed by atoms with E-state index in [9.17, 15) is 5.11 Å². The maximum absolute atomic E-state index is 9.97. The standard InChI is InChI=1S/C23H19ClN2O2/c1-13-8-15(3)22-20(9-13)26-23(28-22)16-5-4-14(2)19(11-16)25-12-17-10-18(24)6-7-21(17)27/h4-12,27H,1-3H3. The van der Waals surface area contributed by atoms with Gasteiger partial charge in [-0.3, -0.25) is 4.99 Å². The zero-order valence-electron chi connectivity index (χ0n) is 15.8. The zero-order chi connectivity index (χ0) is 19.8. The molecule has 140 valence electrons. The molecule has 3 aromatic carbocycles. The molecule has 0 radical (unpaired) electrons. The van der Waals surface area contributed by atoms with E-state index < -0.39 is 0 Å². The number of phenolic OH excluding ortho intramolecular Hbond substituents is 1. The minimum Gasteiger partial charge on any atom is -0.507 e. The Morgan fingerprint density at radius 3 is 2.64 bits per heavy atom. The Balaban J connectivity index is 1.74. The first kappa shape index (κ1) is 18.3. The van der Waals surface area contributed by atoms with Crippen LogP contribution in [0.1, 0.15) is 22.3 Å². The van der Waals surface area contributed by atoms with Crippen molar-refractivity contribution in [3.63, 3.8) is 0 Å². The molecule has 1 N–H and O–H groups in total. The predicted octanol–water partition coefficient (Wildman–Crippen LogP) is 6.53. The molecule has 0 aliphatic carbocycles. The molecule has 0 aliphatic rings. The highest BCUT2D eigenvalue weighted by atomic mass is 35.5. The summed E-state index contributed by atoms with van der Waals surface area (Å²) in [7, 11) is 0. The predicted molar refractivity (Wildman–Crippen MR) is 114 cm³/mol. The summed E-state index contributed by atoms with van der Waals surface area (Å²) in [5, 5.41) is 10.5. The summed E-state index contributed by atoms with van der Waals surface area (Å²) in [5.74, 6) is 0.692. The number of phenols is 1. The monoisotopic (exact) mass is 390 g/mol. The average Bonchev–Trinajstić information content (AvgIpc) is 3.08. The average molecular weight is 391 g/mol. The van der Waals surface area contributed by atoms with Crippen molar-refractivity contribution in [3.8, 4) is 17.2 Å². The number of aromatic nitrogens is 1. The maximum atomic E-state index is 9.97. The molecule has 1 heterocycles. The quantitative estimate of drug-likeness (QED) is 0.404. The lowest BCUT2D eigenvalue weighted by atomic mass is 10.1. The summed E-state index contributed by atoms with van der Waals surface area (Å²) >= 11 is 6.00. The number of benzene rings is 3. The topological polar surface area (TPSA) is 58.6 Å². The van der Waals surface area contributed by atoms with Crippen LogP contribution in [-0.4, -0.2) is 16.3 Å². The fourth-order valence-corrected chi connectivity index (χ4v) is 3.33. The molecule has 0 fully saturated rings. The molecule has 0 saturated carbocycles. The molecule has 4 aromatic rings. The number of aryl methyl sites for hydroxylation is 3. The van der Waals surface area contributed by atoms with Crippen LogP contribution in [0.2, 0.25) is 5.02 Å². The van der Waals surface area contributed by atoms with Crippen LogP contribution in [0, 0.1) is 20.8 Å². The number of nitrogens with zero attached hydrogens (tertiary/aromatic N) is 2. The summed E-state index contributed by atoms with van der Waals surface area (Å²) in [4.78, 5) is 9.18. The van der Waals surface area contributed by atoms with Crippen molar-refractivity contribution < 1.29 is 9.52 Å². The van der Waals surface area contributed by atoms with Gasteiger partial charge in [0, 0.05) is 22.4 Å². The van der Waals surface area contributed by atoms with Gasteiger partial charge in [-0.15, -0.1) is 0 Å². The third kappa shape index (κ3) is 3.51. The number of hydrogen-bond acceptors (Lipinski definition) is 4. The van der Waals surface area contributed by atoms with Crippen LogP contribution in [-0.2, 0) is 0 Å². The number of hydrogen-bond donors (Lipinski definition) is 1. The number of aliphatic imine (C=N–C) groups is 1. The third-order valence-corrected chi connectivity index (χ3v) is 4.84. The van der Waals surface area contributed by atoms with E-state index in [1.54, 1.807) is 24.4 Å². The van der Waals surface area contributed by atoms with Crippen molar-refractivity contribution in [3.05, 3.63) is 75.8 Å². The molecule has 4 rings (SSSR count). The number of aromatic hydroxyl groups is 1. The summed E-state index contributed by atoms with van der Waals surface area (Å²) < 4.78 is 6.01. The van der Waals surface area contributed by atoms with E-state index in [1.807, 2.05) is 45.0 Å². The van der Waals surface area contributed by atoms with Crippen LogP contribution in [0.4, 0.5) is 5.69 Å². The lowest BCUT2D eigenvalue weighted by Crippen LogP contribution is -1.84. The first-order valence-corrected chi connectivity index (χ1v) is 9.30. The van der Waals surface area contributed by atoms with Crippen LogP contribution in [0.25, 0.3) is 22.6 Å². The van der Waals surface area contributed by atoms with E-state index in [4.69, 9.17) is 16.0 Å². The van der Waals surface area contributed by atoms with Gasteiger partial charge >= 0.3 is 0 Å². The van der Waals surface area contributed by atoms with Crippen LogP contribution in [0.15, 0.2) is 57.9 Å². The van der Waals surface area contributed by atoms with Crippen LogP contribution < -0.4 is 0 Å². The van der Waals surface area contributed by atoms with Gasteiger partial charge in [0.1, 0.15) is 11.3 Å². The lowest BCUT2D eigenvalue weighted by Gasteiger charge is -2.03. The van der Waals surface area contributed by atoms with E-state index in [-0.39, 0.29) is 5.75 Å². The van der Waals surface area contributed by atoms with Gasteiger partial charge in [-0.05, 0) is 73.9 Å². The normalized spacial score (nSPS) is 11.6. The number of halogens is 1. The fourth-order valence-electron chi connectivity index (χ4n) is 3.15. The highest BCUT2D eigenvalue weighted by Crippen LogP contribution is 2.31. The van der Waals surface area contributed by atoms with Gasteiger partial charge in [0.05, 0.1) is 5.69 Å². The second kappa shape index (κ2) is 7.13. The Morgan fingerprint density at radius 2 is 1.82 bits per heavy atom. The van der Waals surface area contributed by atoms with Gasteiger partial charge in [-0.25, -0.2) is 4.98 Å². The highest BCUT2D eigenvalue weighted by molar-refractivity contribution is 6.30. The third-order valence-electron chi connectivity index (χ3n) is 4.61. The van der Waals surface area contributed by atoms with Gasteiger partial charge in [0.2, 0.25) is 5.89 Å². The smallest absolute Gasteiger partial charge is 0.227 e. The first-order valence-electron chi connectivity index (χ1n) is 8.92. The van der Waals surface area contributed by atoms with Gasteiger partial charge in [-0.1, -0.05) is 23.7 Å². The van der Waals surface area contributed by atoms with Crippen molar-refractivity contribution in [2.75, 3.05) is 0 Å². The molecule has 0 saturated heterocycles. The Kier molecular flexibility index (Phi) is 4.65. The first-order chi connectivity index (χ1) is 13.4. The fraction of sp³-hybridized carbons (Fsp3) is 0.130. The van der Waals surface area contributed by atoms with Crippen LogP contribution >= 0.6 is 11.6 Å². The minimum absolute atomic E-state index is 0.131. The molecule has 28 heavy (non-hydrogen) atoms. The molecule has 0 atom stereocenters. The van der Waals surface area contributed by atoms with Crippen LogP contribution in [0.5, 0.6) is 5.75 Å². The van der Waals surface area contributed by atoms with Crippen molar-refractivity contribution in [1.29, 1.82) is 0 Å². The van der Waals surface area contributed by atoms with Crippen molar-refractivity contribution >= 4 is 34.6 Å². The number of fused-ring (bicyclic) bond motifs is 1. The summed E-state index contributed by atoms with van der Waals surface area (Å²) in [6.07, 6.45) is 1.60. The Bertz CT molecular complexity index is 1220. The molecular weight excluding hydrogens is 372 g/mol.